The number of alkyl halides is 1. The van der Waals surface area contributed by atoms with Crippen molar-refractivity contribution in [2.24, 2.45) is 5.14 Å². The molecule has 0 bridgehead atoms. The van der Waals surface area contributed by atoms with Crippen LogP contribution in [0.3, 0.4) is 0 Å². The lowest BCUT2D eigenvalue weighted by molar-refractivity contribution is 0.287. The van der Waals surface area contributed by atoms with Gasteiger partial charge in [-0.15, -0.1) is 0 Å². The maximum Gasteiger partial charge on any atom is 0.238 e. The normalized spacial score (nSPS) is 11.5. The van der Waals surface area contributed by atoms with Crippen molar-refractivity contribution >= 4 is 10.0 Å². The van der Waals surface area contributed by atoms with Crippen LogP contribution in [0.2, 0.25) is 0 Å². The highest BCUT2D eigenvalue weighted by molar-refractivity contribution is 7.89. The number of aryl methyl sites for hydroxylation is 2. The number of halogens is 1. The van der Waals surface area contributed by atoms with E-state index in [1.807, 2.05) is 0 Å². The first-order valence-corrected chi connectivity index (χ1v) is 6.73. The molecule has 1 rings (SSSR count). The SMILES string of the molecule is Cc1cc(S(N)(=O)=O)c(C)cc1OCCCF. The molecule has 0 saturated carbocycles. The van der Waals surface area contributed by atoms with Crippen molar-refractivity contribution in [3.8, 4) is 5.75 Å². The monoisotopic (exact) mass is 261 g/mol. The van der Waals surface area contributed by atoms with Gasteiger partial charge in [0.25, 0.3) is 0 Å². The van der Waals surface area contributed by atoms with Crippen LogP contribution in [0, 0.1) is 13.8 Å². The van der Waals surface area contributed by atoms with Crippen molar-refractivity contribution in [1.29, 1.82) is 0 Å². The van der Waals surface area contributed by atoms with Crippen LogP contribution in [-0.4, -0.2) is 21.7 Å². The Labute approximate surface area is 101 Å². The van der Waals surface area contributed by atoms with E-state index in [4.69, 9.17) is 9.88 Å². The molecular weight excluding hydrogens is 245 g/mol. The molecule has 0 saturated heterocycles. The molecule has 17 heavy (non-hydrogen) atoms. The first kappa shape index (κ1) is 13.9. The Morgan fingerprint density at radius 2 is 1.94 bits per heavy atom. The number of primary sulfonamides is 1. The van der Waals surface area contributed by atoms with Gasteiger partial charge in [-0.3, -0.25) is 4.39 Å². The molecule has 6 heteroatoms. The Hall–Kier alpha value is -1.14. The van der Waals surface area contributed by atoms with Gasteiger partial charge in [0.05, 0.1) is 18.2 Å². The minimum atomic E-state index is -3.71. The van der Waals surface area contributed by atoms with Crippen molar-refractivity contribution in [1.82, 2.24) is 0 Å². The number of rotatable bonds is 5. The van der Waals surface area contributed by atoms with Gasteiger partial charge in [-0.05, 0) is 37.1 Å². The summed E-state index contributed by atoms with van der Waals surface area (Å²) in [5.74, 6) is 0.559. The van der Waals surface area contributed by atoms with E-state index in [0.29, 0.717) is 23.3 Å². The molecule has 0 aliphatic rings. The predicted molar refractivity (Wildman–Crippen MR) is 63.4 cm³/mol. The molecule has 0 aliphatic carbocycles. The summed E-state index contributed by atoms with van der Waals surface area (Å²) >= 11 is 0. The second kappa shape index (κ2) is 5.46. The van der Waals surface area contributed by atoms with Gasteiger partial charge < -0.3 is 4.74 Å². The largest absolute Gasteiger partial charge is 0.493 e. The standard InChI is InChI=1S/C11H16FNO3S/c1-8-7-11(17(13,14)15)9(2)6-10(8)16-5-3-4-12/h6-7H,3-5H2,1-2H3,(H2,13,14,15). The second-order valence-corrected chi connectivity index (χ2v) is 5.35. The van der Waals surface area contributed by atoms with Gasteiger partial charge in [0.15, 0.2) is 0 Å². The summed E-state index contributed by atoms with van der Waals surface area (Å²) in [6, 6.07) is 3.07. The summed E-state index contributed by atoms with van der Waals surface area (Å²) in [5, 5.41) is 5.08. The maximum absolute atomic E-state index is 11.9. The van der Waals surface area contributed by atoms with Crippen LogP contribution >= 0.6 is 0 Å². The van der Waals surface area contributed by atoms with Crippen LogP contribution in [0.25, 0.3) is 0 Å². The molecule has 2 N–H and O–H groups in total. The fraction of sp³-hybridized carbons (Fsp3) is 0.455. The second-order valence-electron chi connectivity index (χ2n) is 3.82. The van der Waals surface area contributed by atoms with Gasteiger partial charge in [0.1, 0.15) is 5.75 Å². The van der Waals surface area contributed by atoms with Gasteiger partial charge in [-0.1, -0.05) is 0 Å². The van der Waals surface area contributed by atoms with E-state index >= 15 is 0 Å². The van der Waals surface area contributed by atoms with Crippen LogP contribution in [0.5, 0.6) is 5.75 Å². The zero-order valence-corrected chi connectivity index (χ0v) is 10.7. The summed E-state index contributed by atoms with van der Waals surface area (Å²) in [7, 11) is -3.71. The number of nitrogens with two attached hydrogens (primary N) is 1. The zero-order chi connectivity index (χ0) is 13.1. The highest BCUT2D eigenvalue weighted by Crippen LogP contribution is 2.25. The summed E-state index contributed by atoms with van der Waals surface area (Å²) in [5.41, 5.74) is 1.19. The van der Waals surface area contributed by atoms with Gasteiger partial charge in [-0.25, -0.2) is 13.6 Å². The van der Waals surface area contributed by atoms with Crippen LogP contribution < -0.4 is 9.88 Å². The van der Waals surface area contributed by atoms with Gasteiger partial charge >= 0.3 is 0 Å². The minimum absolute atomic E-state index is 0.0906. The van der Waals surface area contributed by atoms with Crippen LogP contribution in [-0.2, 0) is 10.0 Å². The van der Waals surface area contributed by atoms with E-state index in [1.54, 1.807) is 19.9 Å². The summed E-state index contributed by atoms with van der Waals surface area (Å²) < 4.78 is 39.8. The molecule has 0 fully saturated rings. The van der Waals surface area contributed by atoms with E-state index in [-0.39, 0.29) is 11.5 Å². The van der Waals surface area contributed by atoms with E-state index in [1.165, 1.54) is 6.07 Å². The minimum Gasteiger partial charge on any atom is -0.493 e. The summed E-state index contributed by atoms with van der Waals surface area (Å²) in [6.07, 6.45) is 0.315. The Kier molecular flexibility index (Phi) is 4.47. The maximum atomic E-state index is 11.9. The molecule has 0 radical (unpaired) electrons. The molecule has 0 heterocycles. The highest BCUT2D eigenvalue weighted by atomic mass is 32.2. The molecule has 4 nitrogen and oxygen atoms in total. The first-order valence-electron chi connectivity index (χ1n) is 5.19. The molecule has 0 atom stereocenters. The van der Waals surface area contributed by atoms with Crippen molar-refractivity contribution in [3.05, 3.63) is 23.3 Å². The Morgan fingerprint density at radius 3 is 2.47 bits per heavy atom. The molecule has 0 aromatic heterocycles. The van der Waals surface area contributed by atoms with Crippen molar-refractivity contribution in [3.63, 3.8) is 0 Å². The Bertz CT molecular complexity index is 500. The van der Waals surface area contributed by atoms with E-state index in [2.05, 4.69) is 0 Å². The van der Waals surface area contributed by atoms with E-state index < -0.39 is 16.7 Å². The lowest BCUT2D eigenvalue weighted by Crippen LogP contribution is -2.14. The predicted octanol–water partition coefficient (Wildman–Crippen LogP) is 1.69. The summed E-state index contributed by atoms with van der Waals surface area (Å²) in [4.78, 5) is 0.0906. The smallest absolute Gasteiger partial charge is 0.238 e. The molecule has 0 aliphatic heterocycles. The number of benzene rings is 1. The molecule has 0 unspecified atom stereocenters. The van der Waals surface area contributed by atoms with Crippen molar-refractivity contribution < 1.29 is 17.5 Å². The quantitative estimate of drug-likeness (QED) is 0.820. The molecule has 1 aromatic rings. The number of sulfonamides is 1. The number of hydrogen-bond donors (Lipinski definition) is 1. The third kappa shape index (κ3) is 3.67. The molecular formula is C11H16FNO3S. The lowest BCUT2D eigenvalue weighted by Gasteiger charge is -2.11. The van der Waals surface area contributed by atoms with E-state index in [9.17, 15) is 12.8 Å². The number of ether oxygens (including phenoxy) is 1. The van der Waals surface area contributed by atoms with Gasteiger partial charge in [-0.2, -0.15) is 0 Å². The molecule has 1 aromatic carbocycles. The molecule has 96 valence electrons. The average molecular weight is 261 g/mol. The topological polar surface area (TPSA) is 69.4 Å². The highest BCUT2D eigenvalue weighted by Gasteiger charge is 2.14. The molecule has 0 spiro atoms. The van der Waals surface area contributed by atoms with Crippen LogP contribution in [0.15, 0.2) is 17.0 Å². The zero-order valence-electron chi connectivity index (χ0n) is 9.86. The van der Waals surface area contributed by atoms with Crippen LogP contribution in [0.4, 0.5) is 4.39 Å². The summed E-state index contributed by atoms with van der Waals surface area (Å²) in [6.45, 7) is 3.19. The van der Waals surface area contributed by atoms with Crippen molar-refractivity contribution in [2.45, 2.75) is 25.2 Å². The number of hydrogen-bond acceptors (Lipinski definition) is 3. The third-order valence-corrected chi connectivity index (χ3v) is 3.37. The molecule has 0 amide bonds. The van der Waals surface area contributed by atoms with Gasteiger partial charge in [0, 0.05) is 6.42 Å². The first-order chi connectivity index (χ1) is 7.86. The van der Waals surface area contributed by atoms with Crippen molar-refractivity contribution in [2.75, 3.05) is 13.3 Å². The Morgan fingerprint density at radius 1 is 1.29 bits per heavy atom. The third-order valence-electron chi connectivity index (χ3n) is 2.31. The van der Waals surface area contributed by atoms with Crippen LogP contribution in [0.1, 0.15) is 17.5 Å². The lowest BCUT2D eigenvalue weighted by atomic mass is 10.1. The Balaban J connectivity index is 3.02. The average Bonchev–Trinajstić information content (AvgIpc) is 2.21. The fourth-order valence-corrected chi connectivity index (χ4v) is 2.31. The fourth-order valence-electron chi connectivity index (χ4n) is 1.46. The van der Waals surface area contributed by atoms with Gasteiger partial charge in [0.2, 0.25) is 10.0 Å². The van der Waals surface area contributed by atoms with E-state index in [0.717, 1.165) is 0 Å².